The Kier molecular flexibility index (Phi) is 4.55. The maximum Gasteiger partial charge on any atom is 0.295 e. The molecule has 0 unspecified atom stereocenters. The number of amides is 2. The molecule has 2 N–H and O–H groups in total. The summed E-state index contributed by atoms with van der Waals surface area (Å²) in [6, 6.07) is 1.69. The largest absolute Gasteiger partial charge is 0.497 e. The monoisotopic (exact) mass is 302 g/mol. The molecule has 0 aliphatic heterocycles. The topological polar surface area (TPSA) is 99.6 Å². The zero-order valence-corrected chi connectivity index (χ0v) is 12.8. The standard InChI is InChI=1S/C15H18N4O3/c1-4-19-13(5-9(2)18-19)15(21)17-11-6-10(14(16)20)7-12(8-11)22-3/h5,7-8H,4,6H2,1-3H3,(H2,16,20)/b17-11-. The van der Waals surface area contributed by atoms with Gasteiger partial charge < -0.3 is 10.5 Å². The number of allylic oxidation sites excluding steroid dienone is 2. The molecule has 0 saturated carbocycles. The summed E-state index contributed by atoms with van der Waals surface area (Å²) in [4.78, 5) is 27.7. The molecular formula is C15H18N4O3. The maximum absolute atomic E-state index is 12.3. The fraction of sp³-hybridized carbons (Fsp3) is 0.333. The summed E-state index contributed by atoms with van der Waals surface area (Å²) in [5.41, 5.74) is 7.24. The number of carbonyl (C=O) groups is 2. The SMILES string of the molecule is CCn1nc(C)cc1C(=O)/N=C1\C=C(OC)C=C(C(N)=O)C1. The lowest BCUT2D eigenvalue weighted by Crippen LogP contribution is -2.20. The molecule has 0 spiro atoms. The van der Waals surface area contributed by atoms with E-state index >= 15 is 0 Å². The molecule has 22 heavy (non-hydrogen) atoms. The quantitative estimate of drug-likeness (QED) is 0.901. The summed E-state index contributed by atoms with van der Waals surface area (Å²) in [5, 5.41) is 4.22. The first-order chi connectivity index (χ1) is 10.4. The van der Waals surface area contributed by atoms with Crippen LogP contribution in [0.15, 0.2) is 34.5 Å². The molecule has 2 amide bonds. The third-order valence-electron chi connectivity index (χ3n) is 3.22. The molecule has 1 heterocycles. The number of aliphatic imine (C=N–C) groups is 1. The number of aromatic nitrogens is 2. The second-order valence-electron chi connectivity index (χ2n) is 4.86. The first kappa shape index (κ1) is 15.7. The number of rotatable bonds is 4. The highest BCUT2D eigenvalue weighted by Gasteiger charge is 2.18. The Morgan fingerprint density at radius 3 is 2.77 bits per heavy atom. The van der Waals surface area contributed by atoms with Crippen molar-refractivity contribution in [3.8, 4) is 0 Å². The van der Waals surface area contributed by atoms with Crippen molar-refractivity contribution >= 4 is 17.5 Å². The third-order valence-corrected chi connectivity index (χ3v) is 3.22. The lowest BCUT2D eigenvalue weighted by molar-refractivity contribution is -0.114. The van der Waals surface area contributed by atoms with E-state index in [1.165, 1.54) is 7.11 Å². The molecule has 7 heteroatoms. The van der Waals surface area contributed by atoms with Gasteiger partial charge in [0.25, 0.3) is 5.91 Å². The molecule has 0 radical (unpaired) electrons. The fourth-order valence-corrected chi connectivity index (χ4v) is 2.17. The van der Waals surface area contributed by atoms with E-state index in [0.29, 0.717) is 29.3 Å². The summed E-state index contributed by atoms with van der Waals surface area (Å²) >= 11 is 0. The number of hydrogen-bond donors (Lipinski definition) is 1. The second kappa shape index (κ2) is 6.38. The predicted octanol–water partition coefficient (Wildman–Crippen LogP) is 1.14. The van der Waals surface area contributed by atoms with Crippen LogP contribution in [0.5, 0.6) is 0 Å². The minimum absolute atomic E-state index is 0.202. The number of methoxy groups -OCH3 is 1. The van der Waals surface area contributed by atoms with E-state index in [9.17, 15) is 9.59 Å². The van der Waals surface area contributed by atoms with Crippen molar-refractivity contribution < 1.29 is 14.3 Å². The Hall–Kier alpha value is -2.70. The van der Waals surface area contributed by atoms with Crippen molar-refractivity contribution in [2.45, 2.75) is 26.8 Å². The summed E-state index contributed by atoms with van der Waals surface area (Å²) in [5.74, 6) is -0.529. The van der Waals surface area contributed by atoms with E-state index < -0.39 is 11.8 Å². The summed E-state index contributed by atoms with van der Waals surface area (Å²) in [7, 11) is 1.47. The minimum atomic E-state index is -0.558. The highest BCUT2D eigenvalue weighted by atomic mass is 16.5. The van der Waals surface area contributed by atoms with Gasteiger partial charge in [-0.25, -0.2) is 4.99 Å². The molecule has 0 atom stereocenters. The summed E-state index contributed by atoms with van der Waals surface area (Å²) < 4.78 is 6.70. The van der Waals surface area contributed by atoms with Crippen molar-refractivity contribution in [3.63, 3.8) is 0 Å². The zero-order valence-electron chi connectivity index (χ0n) is 12.8. The molecule has 0 fully saturated rings. The van der Waals surface area contributed by atoms with Crippen molar-refractivity contribution in [3.05, 3.63) is 40.9 Å². The van der Waals surface area contributed by atoms with Gasteiger partial charge in [0, 0.05) is 24.6 Å². The Balaban J connectivity index is 2.32. The van der Waals surface area contributed by atoms with E-state index in [4.69, 9.17) is 10.5 Å². The van der Waals surface area contributed by atoms with Gasteiger partial charge in [-0.2, -0.15) is 5.10 Å². The van der Waals surface area contributed by atoms with Crippen LogP contribution in [0.1, 0.15) is 29.5 Å². The molecule has 7 nitrogen and oxygen atoms in total. The van der Waals surface area contributed by atoms with Crippen LogP contribution in [0.4, 0.5) is 0 Å². The second-order valence-corrected chi connectivity index (χ2v) is 4.86. The Bertz CT molecular complexity index is 710. The van der Waals surface area contributed by atoms with E-state index in [1.807, 2.05) is 13.8 Å². The third kappa shape index (κ3) is 3.30. The number of aryl methyl sites for hydroxylation is 2. The number of nitrogens with two attached hydrogens (primary N) is 1. The average molecular weight is 302 g/mol. The molecule has 1 aromatic rings. The highest BCUT2D eigenvalue weighted by molar-refractivity contribution is 6.12. The van der Waals surface area contributed by atoms with Gasteiger partial charge >= 0.3 is 0 Å². The van der Waals surface area contributed by atoms with Crippen LogP contribution in [-0.4, -0.2) is 34.4 Å². The first-order valence-corrected chi connectivity index (χ1v) is 6.87. The number of hydrogen-bond acceptors (Lipinski definition) is 4. The molecule has 2 rings (SSSR count). The maximum atomic E-state index is 12.3. The van der Waals surface area contributed by atoms with Gasteiger partial charge in [0.05, 0.1) is 18.5 Å². The number of ether oxygens (including phenoxy) is 1. The van der Waals surface area contributed by atoms with Crippen LogP contribution < -0.4 is 5.73 Å². The van der Waals surface area contributed by atoms with Crippen LogP contribution in [-0.2, 0) is 16.1 Å². The van der Waals surface area contributed by atoms with Gasteiger partial charge in [-0.15, -0.1) is 0 Å². The van der Waals surface area contributed by atoms with Crippen molar-refractivity contribution in [1.29, 1.82) is 0 Å². The van der Waals surface area contributed by atoms with Crippen molar-refractivity contribution in [2.75, 3.05) is 7.11 Å². The van der Waals surface area contributed by atoms with Gasteiger partial charge in [-0.05, 0) is 26.0 Å². The summed E-state index contributed by atoms with van der Waals surface area (Å²) in [6.45, 7) is 4.28. The van der Waals surface area contributed by atoms with Crippen LogP contribution >= 0.6 is 0 Å². The van der Waals surface area contributed by atoms with Crippen LogP contribution in [0, 0.1) is 6.92 Å². The molecule has 1 aliphatic rings. The Morgan fingerprint density at radius 1 is 1.45 bits per heavy atom. The molecule has 0 bridgehead atoms. The molecular weight excluding hydrogens is 284 g/mol. The van der Waals surface area contributed by atoms with Crippen LogP contribution in [0.3, 0.4) is 0 Å². The highest BCUT2D eigenvalue weighted by Crippen LogP contribution is 2.17. The lowest BCUT2D eigenvalue weighted by atomic mass is 10.0. The average Bonchev–Trinajstić information content (AvgIpc) is 2.88. The Morgan fingerprint density at radius 2 is 2.18 bits per heavy atom. The normalized spacial score (nSPS) is 16.2. The van der Waals surface area contributed by atoms with Crippen LogP contribution in [0.25, 0.3) is 0 Å². The van der Waals surface area contributed by atoms with Crippen LogP contribution in [0.2, 0.25) is 0 Å². The smallest absolute Gasteiger partial charge is 0.295 e. The van der Waals surface area contributed by atoms with Gasteiger partial charge in [0.1, 0.15) is 11.5 Å². The van der Waals surface area contributed by atoms with E-state index in [0.717, 1.165) is 5.69 Å². The van der Waals surface area contributed by atoms with Gasteiger partial charge in [0.2, 0.25) is 5.91 Å². The molecule has 116 valence electrons. The van der Waals surface area contributed by atoms with E-state index in [2.05, 4.69) is 10.1 Å². The molecule has 0 saturated heterocycles. The predicted molar refractivity (Wildman–Crippen MR) is 81.4 cm³/mol. The molecule has 1 aromatic heterocycles. The fourth-order valence-electron chi connectivity index (χ4n) is 2.17. The first-order valence-electron chi connectivity index (χ1n) is 6.87. The van der Waals surface area contributed by atoms with Gasteiger partial charge in [-0.1, -0.05) is 0 Å². The van der Waals surface area contributed by atoms with Crippen molar-refractivity contribution in [2.24, 2.45) is 10.7 Å². The number of nitrogens with zero attached hydrogens (tertiary/aromatic N) is 3. The number of primary amides is 1. The molecule has 0 aromatic carbocycles. The molecule has 1 aliphatic carbocycles. The lowest BCUT2D eigenvalue weighted by Gasteiger charge is -2.12. The van der Waals surface area contributed by atoms with E-state index in [1.54, 1.807) is 22.9 Å². The van der Waals surface area contributed by atoms with Gasteiger partial charge in [0.15, 0.2) is 0 Å². The summed E-state index contributed by atoms with van der Waals surface area (Å²) in [6.07, 6.45) is 3.36. The van der Waals surface area contributed by atoms with Crippen molar-refractivity contribution in [1.82, 2.24) is 9.78 Å². The van der Waals surface area contributed by atoms with E-state index in [-0.39, 0.29) is 6.42 Å². The zero-order chi connectivity index (χ0) is 16.3. The number of carbonyl (C=O) groups excluding carboxylic acids is 2. The Labute approximate surface area is 128 Å². The van der Waals surface area contributed by atoms with Gasteiger partial charge in [-0.3, -0.25) is 14.3 Å². The minimum Gasteiger partial charge on any atom is -0.497 e.